The van der Waals surface area contributed by atoms with Crippen molar-refractivity contribution >= 4 is 30.7 Å². The first-order valence-corrected chi connectivity index (χ1v) is 10.3. The van der Waals surface area contributed by atoms with Gasteiger partial charge >= 0.3 is 0 Å². The van der Waals surface area contributed by atoms with Crippen molar-refractivity contribution in [1.82, 2.24) is 10.6 Å². The summed E-state index contributed by atoms with van der Waals surface area (Å²) < 4.78 is 5.65. The molecule has 0 fully saturated rings. The van der Waals surface area contributed by atoms with Crippen LogP contribution >= 0.6 is 0 Å². The van der Waals surface area contributed by atoms with Crippen molar-refractivity contribution < 1.29 is 19.4 Å². The lowest BCUT2D eigenvalue weighted by atomic mass is 9.87. The Morgan fingerprint density at radius 1 is 1.07 bits per heavy atom. The fourth-order valence-electron chi connectivity index (χ4n) is 3.36. The summed E-state index contributed by atoms with van der Waals surface area (Å²) in [6.07, 6.45) is 6.05. The topological polar surface area (TPSA) is 87.7 Å². The van der Waals surface area contributed by atoms with Gasteiger partial charge in [-0.2, -0.15) is 0 Å². The van der Waals surface area contributed by atoms with E-state index in [1.54, 1.807) is 24.4 Å². The highest BCUT2D eigenvalue weighted by atomic mass is 16.5. The third kappa shape index (κ3) is 5.23. The van der Waals surface area contributed by atoms with E-state index in [1.807, 2.05) is 26.0 Å². The van der Waals surface area contributed by atoms with Gasteiger partial charge in [0.1, 0.15) is 7.85 Å². The molecule has 2 aromatic rings. The molecule has 6 nitrogen and oxygen atoms in total. The predicted molar refractivity (Wildman–Crippen MR) is 120 cm³/mol. The lowest BCUT2D eigenvalue weighted by Crippen LogP contribution is -2.37. The Labute approximate surface area is 177 Å². The number of nitrogens with one attached hydrogen (secondary N) is 2. The van der Waals surface area contributed by atoms with E-state index in [-0.39, 0.29) is 11.7 Å². The van der Waals surface area contributed by atoms with E-state index in [2.05, 4.69) is 17.6 Å². The van der Waals surface area contributed by atoms with Crippen LogP contribution in [0.4, 0.5) is 0 Å². The lowest BCUT2D eigenvalue weighted by molar-refractivity contribution is -0.114. The largest absolute Gasteiger partial charge is 0.504 e. The van der Waals surface area contributed by atoms with Crippen molar-refractivity contribution in [2.75, 3.05) is 6.61 Å². The maximum absolute atomic E-state index is 12.3. The maximum atomic E-state index is 12.3. The normalized spacial score (nSPS) is 14.4. The standard InChI is InChI=1S/C23H27BN2O4/c1-2-3-4-5-10-30-21-9-6-15(11-20(21)27)13-25-14-19-18-12-16(24)7-8-17(18)22(28)26-23(19)29/h6-9,11-12,14,25,27H,2-5,10,13,24H2,1H3,(H,26,28,29)/b19-14-. The molecule has 0 bridgehead atoms. The van der Waals surface area contributed by atoms with Gasteiger partial charge in [0.05, 0.1) is 12.2 Å². The second kappa shape index (κ2) is 10.0. The van der Waals surface area contributed by atoms with Crippen molar-refractivity contribution in [3.63, 3.8) is 0 Å². The smallest absolute Gasteiger partial charge is 0.260 e. The molecule has 3 rings (SSSR count). The van der Waals surface area contributed by atoms with Crippen LogP contribution in [-0.2, 0) is 11.3 Å². The molecule has 1 aliphatic heterocycles. The molecule has 1 aliphatic rings. The SMILES string of the molecule is Bc1ccc2c(c1)/C(=C/NCc1ccc(OCCCCCC)c(O)c1)C(=O)NC2=O. The number of carbonyl (C=O) groups is 2. The van der Waals surface area contributed by atoms with Gasteiger partial charge in [-0.25, -0.2) is 0 Å². The zero-order valence-electron chi connectivity index (χ0n) is 17.5. The second-order valence-electron chi connectivity index (χ2n) is 7.48. The van der Waals surface area contributed by atoms with Gasteiger partial charge in [-0.15, -0.1) is 0 Å². The molecule has 0 atom stereocenters. The molecule has 0 unspecified atom stereocenters. The molecule has 0 radical (unpaired) electrons. The Balaban J connectivity index is 1.63. The van der Waals surface area contributed by atoms with Crippen LogP contribution in [0.3, 0.4) is 0 Å². The lowest BCUT2D eigenvalue weighted by Gasteiger charge is -2.19. The Kier molecular flexibility index (Phi) is 7.17. The number of phenolic OH excluding ortho intramolecular Hbond substituents is 1. The predicted octanol–water partition coefficient (Wildman–Crippen LogP) is 2.01. The summed E-state index contributed by atoms with van der Waals surface area (Å²) in [4.78, 5) is 24.3. The van der Waals surface area contributed by atoms with Gasteiger partial charge in [0.2, 0.25) is 0 Å². The van der Waals surface area contributed by atoms with Crippen LogP contribution in [0.2, 0.25) is 0 Å². The summed E-state index contributed by atoms with van der Waals surface area (Å²) in [5.74, 6) is -0.245. The van der Waals surface area contributed by atoms with Gasteiger partial charge in [0.15, 0.2) is 11.5 Å². The van der Waals surface area contributed by atoms with Crippen molar-refractivity contribution in [2.24, 2.45) is 0 Å². The van der Waals surface area contributed by atoms with Crippen molar-refractivity contribution in [3.8, 4) is 11.5 Å². The van der Waals surface area contributed by atoms with Crippen LogP contribution in [0.5, 0.6) is 11.5 Å². The zero-order chi connectivity index (χ0) is 21.5. The van der Waals surface area contributed by atoms with Crippen molar-refractivity contribution in [2.45, 2.75) is 39.2 Å². The van der Waals surface area contributed by atoms with Crippen LogP contribution in [0.1, 0.15) is 54.1 Å². The number of imide groups is 1. The van der Waals surface area contributed by atoms with E-state index >= 15 is 0 Å². The molecule has 1 heterocycles. The first kappa shape index (κ1) is 21.5. The zero-order valence-corrected chi connectivity index (χ0v) is 17.5. The van der Waals surface area contributed by atoms with Crippen molar-refractivity contribution in [1.29, 1.82) is 0 Å². The highest BCUT2D eigenvalue weighted by Gasteiger charge is 2.26. The Bertz CT molecular complexity index is 972. The highest BCUT2D eigenvalue weighted by molar-refractivity contribution is 6.35. The van der Waals surface area contributed by atoms with Crippen LogP contribution < -0.4 is 20.8 Å². The first-order chi connectivity index (χ1) is 14.5. The number of phenols is 1. The van der Waals surface area contributed by atoms with Crippen LogP contribution in [0.25, 0.3) is 5.57 Å². The van der Waals surface area contributed by atoms with Gasteiger partial charge in [-0.3, -0.25) is 14.9 Å². The second-order valence-corrected chi connectivity index (χ2v) is 7.48. The number of carbonyl (C=O) groups excluding carboxylic acids is 2. The number of hydrogen-bond acceptors (Lipinski definition) is 5. The minimum absolute atomic E-state index is 0.0967. The van der Waals surface area contributed by atoms with Gasteiger partial charge < -0.3 is 15.2 Å². The summed E-state index contributed by atoms with van der Waals surface area (Å²) in [7, 11) is 1.92. The molecule has 30 heavy (non-hydrogen) atoms. The van der Waals surface area contributed by atoms with E-state index in [9.17, 15) is 14.7 Å². The Hall–Kier alpha value is -3.22. The van der Waals surface area contributed by atoms with Crippen LogP contribution in [0.15, 0.2) is 42.6 Å². The maximum Gasteiger partial charge on any atom is 0.260 e. The number of amides is 2. The first-order valence-electron chi connectivity index (χ1n) is 10.3. The number of unbranched alkanes of at least 4 members (excludes halogenated alkanes) is 3. The van der Waals surface area contributed by atoms with Crippen LogP contribution in [-0.4, -0.2) is 31.4 Å². The third-order valence-corrected chi connectivity index (χ3v) is 5.01. The summed E-state index contributed by atoms with van der Waals surface area (Å²) >= 11 is 0. The van der Waals surface area contributed by atoms with E-state index < -0.39 is 5.91 Å². The average molecular weight is 406 g/mol. The monoisotopic (exact) mass is 406 g/mol. The fourth-order valence-corrected chi connectivity index (χ4v) is 3.36. The molecule has 156 valence electrons. The van der Waals surface area contributed by atoms with E-state index in [1.165, 1.54) is 12.8 Å². The number of fused-ring (bicyclic) bond motifs is 1. The van der Waals surface area contributed by atoms with E-state index in [0.29, 0.717) is 35.6 Å². The van der Waals surface area contributed by atoms with Gasteiger partial charge in [-0.1, -0.05) is 49.8 Å². The molecule has 2 amide bonds. The van der Waals surface area contributed by atoms with Gasteiger partial charge in [0, 0.05) is 23.9 Å². The number of hydrogen-bond donors (Lipinski definition) is 3. The molecule has 7 heteroatoms. The highest BCUT2D eigenvalue weighted by Crippen LogP contribution is 2.27. The third-order valence-electron chi connectivity index (χ3n) is 5.01. The molecule has 0 aliphatic carbocycles. The van der Waals surface area contributed by atoms with Gasteiger partial charge in [0.25, 0.3) is 11.8 Å². The number of ether oxygens (including phenoxy) is 1. The molecule has 0 aromatic heterocycles. The van der Waals surface area contributed by atoms with E-state index in [0.717, 1.165) is 23.9 Å². The molecule has 2 aromatic carbocycles. The molecule has 3 N–H and O–H groups in total. The Morgan fingerprint density at radius 2 is 1.90 bits per heavy atom. The minimum Gasteiger partial charge on any atom is -0.504 e. The number of benzene rings is 2. The molecule has 0 saturated heterocycles. The summed E-state index contributed by atoms with van der Waals surface area (Å²) in [5, 5.41) is 15.7. The Morgan fingerprint density at radius 3 is 2.67 bits per heavy atom. The summed E-state index contributed by atoms with van der Waals surface area (Å²) in [6.45, 7) is 3.16. The summed E-state index contributed by atoms with van der Waals surface area (Å²) in [6, 6.07) is 10.7. The quantitative estimate of drug-likeness (QED) is 0.257. The minimum atomic E-state index is -0.430. The molecular formula is C23H27BN2O4. The van der Waals surface area contributed by atoms with Crippen molar-refractivity contribution in [3.05, 3.63) is 59.3 Å². The molecule has 0 spiro atoms. The summed E-state index contributed by atoms with van der Waals surface area (Å²) in [5.41, 5.74) is 3.32. The number of rotatable bonds is 9. The van der Waals surface area contributed by atoms with Gasteiger partial charge in [-0.05, 0) is 30.2 Å². The van der Waals surface area contributed by atoms with Crippen LogP contribution in [0, 0.1) is 0 Å². The molecular weight excluding hydrogens is 379 g/mol. The average Bonchev–Trinajstić information content (AvgIpc) is 2.71. The molecule has 0 saturated carbocycles. The number of aromatic hydroxyl groups is 1. The van der Waals surface area contributed by atoms with E-state index in [4.69, 9.17) is 4.74 Å². The fraction of sp³-hybridized carbons (Fsp3) is 0.304.